The number of halogens is 3. The number of hydrogen-bond donors (Lipinski definition) is 1. The highest BCUT2D eigenvalue weighted by molar-refractivity contribution is 6.30. The van der Waals surface area contributed by atoms with Gasteiger partial charge in [0.1, 0.15) is 12.4 Å². The van der Waals surface area contributed by atoms with Crippen LogP contribution in [0.4, 0.5) is 14.5 Å². The molecule has 0 saturated carbocycles. The average molecular weight is 326 g/mol. The lowest BCUT2D eigenvalue weighted by Gasteiger charge is -2.17. The summed E-state index contributed by atoms with van der Waals surface area (Å²) in [6.45, 7) is -2.67. The maximum Gasteiger partial charge on any atom is 0.333 e. The Morgan fingerprint density at radius 1 is 1.45 bits per heavy atom. The van der Waals surface area contributed by atoms with E-state index in [1.807, 2.05) is 0 Å². The molecule has 1 N–H and O–H groups in total. The molecule has 0 radical (unpaired) electrons. The van der Waals surface area contributed by atoms with E-state index in [9.17, 15) is 13.6 Å². The molecule has 3 rings (SSSR count). The zero-order valence-corrected chi connectivity index (χ0v) is 11.8. The quantitative estimate of drug-likeness (QED) is 0.941. The first-order valence-electron chi connectivity index (χ1n) is 6.29. The van der Waals surface area contributed by atoms with Gasteiger partial charge in [-0.25, -0.2) is 4.68 Å². The topological polar surface area (TPSA) is 56.2 Å². The predicted octanol–water partition coefficient (Wildman–Crippen LogP) is 3.35. The third-order valence-electron chi connectivity index (χ3n) is 3.04. The molecule has 2 heterocycles. The van der Waals surface area contributed by atoms with Crippen LogP contribution in [0.1, 0.15) is 12.1 Å². The van der Waals surface area contributed by atoms with E-state index in [2.05, 4.69) is 10.4 Å². The standard InChI is InChI=1S/C14H10ClF2N3O2/c15-10-1-2-12-8(4-10)3-9(7-22-12)13(21)19-11-5-18-20(6-11)14(16)17/h1-6,14H,7H2,(H,19,21). The van der Waals surface area contributed by atoms with Gasteiger partial charge < -0.3 is 10.1 Å². The number of aromatic nitrogens is 2. The van der Waals surface area contributed by atoms with Crippen molar-refractivity contribution >= 4 is 29.3 Å². The van der Waals surface area contributed by atoms with E-state index in [1.165, 1.54) is 0 Å². The van der Waals surface area contributed by atoms with Gasteiger partial charge in [-0.3, -0.25) is 4.79 Å². The van der Waals surface area contributed by atoms with E-state index < -0.39 is 12.5 Å². The Balaban J connectivity index is 1.77. The highest BCUT2D eigenvalue weighted by atomic mass is 35.5. The second-order valence-electron chi connectivity index (χ2n) is 4.58. The Labute approximate surface area is 129 Å². The van der Waals surface area contributed by atoms with E-state index in [-0.39, 0.29) is 12.3 Å². The van der Waals surface area contributed by atoms with Gasteiger partial charge in [-0.05, 0) is 24.3 Å². The molecule has 1 aliphatic heterocycles. The molecule has 0 fully saturated rings. The number of carbonyl (C=O) groups is 1. The highest BCUT2D eigenvalue weighted by Crippen LogP contribution is 2.29. The summed E-state index contributed by atoms with van der Waals surface area (Å²) in [6, 6.07) is 5.09. The molecular formula is C14H10ClF2N3O2. The van der Waals surface area contributed by atoms with Crippen LogP contribution in [0.2, 0.25) is 5.02 Å². The predicted molar refractivity (Wildman–Crippen MR) is 77.0 cm³/mol. The largest absolute Gasteiger partial charge is 0.488 e. The van der Waals surface area contributed by atoms with Gasteiger partial charge in [-0.1, -0.05) is 11.6 Å². The number of alkyl halides is 2. The number of nitrogens with one attached hydrogen (secondary N) is 1. The molecule has 1 aromatic heterocycles. The number of ether oxygens (including phenoxy) is 1. The van der Waals surface area contributed by atoms with Gasteiger partial charge in [0.05, 0.1) is 23.7 Å². The van der Waals surface area contributed by atoms with Crippen molar-refractivity contribution in [3.8, 4) is 5.75 Å². The molecule has 0 spiro atoms. The summed E-state index contributed by atoms with van der Waals surface area (Å²) in [4.78, 5) is 12.1. The molecule has 1 amide bonds. The number of amides is 1. The molecule has 2 aromatic rings. The van der Waals surface area contributed by atoms with E-state index in [1.54, 1.807) is 24.3 Å². The minimum absolute atomic E-state index is 0.0868. The summed E-state index contributed by atoms with van der Waals surface area (Å²) in [5.74, 6) is 0.186. The molecule has 1 aliphatic rings. The summed E-state index contributed by atoms with van der Waals surface area (Å²) in [5, 5.41) is 6.47. The SMILES string of the molecule is O=C(Nc1cnn(C(F)F)c1)C1=Cc2cc(Cl)ccc2OC1. The first-order chi connectivity index (χ1) is 10.5. The minimum atomic E-state index is -2.75. The molecule has 8 heteroatoms. The summed E-state index contributed by atoms with van der Waals surface area (Å²) >= 11 is 5.90. The summed E-state index contributed by atoms with van der Waals surface area (Å²) in [6.07, 6.45) is 3.86. The van der Waals surface area contributed by atoms with E-state index in [4.69, 9.17) is 16.3 Å². The maximum atomic E-state index is 12.4. The van der Waals surface area contributed by atoms with Crippen LogP contribution in [-0.2, 0) is 4.79 Å². The molecule has 114 valence electrons. The third-order valence-corrected chi connectivity index (χ3v) is 3.27. The van der Waals surface area contributed by atoms with Crippen LogP contribution in [0.5, 0.6) is 5.75 Å². The van der Waals surface area contributed by atoms with E-state index in [0.717, 1.165) is 12.4 Å². The lowest BCUT2D eigenvalue weighted by atomic mass is 10.1. The monoisotopic (exact) mass is 325 g/mol. The van der Waals surface area contributed by atoms with Crippen LogP contribution >= 0.6 is 11.6 Å². The summed E-state index contributed by atoms with van der Waals surface area (Å²) < 4.78 is 30.8. The average Bonchev–Trinajstić information content (AvgIpc) is 2.95. The lowest BCUT2D eigenvalue weighted by molar-refractivity contribution is -0.113. The van der Waals surface area contributed by atoms with Crippen molar-refractivity contribution in [3.63, 3.8) is 0 Å². The Morgan fingerprint density at radius 3 is 3.00 bits per heavy atom. The fourth-order valence-electron chi connectivity index (χ4n) is 2.00. The zero-order chi connectivity index (χ0) is 15.7. The second-order valence-corrected chi connectivity index (χ2v) is 5.02. The molecule has 22 heavy (non-hydrogen) atoms. The maximum absolute atomic E-state index is 12.4. The van der Waals surface area contributed by atoms with Crippen LogP contribution in [0.25, 0.3) is 6.08 Å². The highest BCUT2D eigenvalue weighted by Gasteiger charge is 2.18. The number of nitrogens with zero attached hydrogens (tertiary/aromatic N) is 2. The smallest absolute Gasteiger partial charge is 0.333 e. The first-order valence-corrected chi connectivity index (χ1v) is 6.67. The molecule has 0 atom stereocenters. The third kappa shape index (κ3) is 2.94. The zero-order valence-electron chi connectivity index (χ0n) is 11.1. The number of fused-ring (bicyclic) bond motifs is 1. The fourth-order valence-corrected chi connectivity index (χ4v) is 2.18. The van der Waals surface area contributed by atoms with Gasteiger partial charge in [0.25, 0.3) is 5.91 Å². The molecular weight excluding hydrogens is 316 g/mol. The van der Waals surface area contributed by atoms with Crippen LogP contribution in [0.15, 0.2) is 36.2 Å². The number of hydrogen-bond acceptors (Lipinski definition) is 3. The van der Waals surface area contributed by atoms with Gasteiger partial charge in [0, 0.05) is 10.6 Å². The van der Waals surface area contributed by atoms with Gasteiger partial charge in [-0.15, -0.1) is 0 Å². The normalized spacial score (nSPS) is 13.4. The molecule has 1 aromatic carbocycles. The lowest BCUT2D eigenvalue weighted by Crippen LogP contribution is -2.21. The van der Waals surface area contributed by atoms with Crippen molar-refractivity contribution in [2.24, 2.45) is 0 Å². The summed E-state index contributed by atoms with van der Waals surface area (Å²) in [5.41, 5.74) is 1.23. The van der Waals surface area contributed by atoms with E-state index >= 15 is 0 Å². The van der Waals surface area contributed by atoms with Crippen LogP contribution in [0.3, 0.4) is 0 Å². The molecule has 0 saturated heterocycles. The Hall–Kier alpha value is -2.41. The molecule has 5 nitrogen and oxygen atoms in total. The van der Waals surface area contributed by atoms with Crippen LogP contribution in [-0.4, -0.2) is 22.3 Å². The van der Waals surface area contributed by atoms with Crippen LogP contribution in [0, 0.1) is 0 Å². The van der Waals surface area contributed by atoms with Crippen molar-refractivity contribution in [2.75, 3.05) is 11.9 Å². The van der Waals surface area contributed by atoms with Crippen molar-refractivity contribution in [2.45, 2.75) is 6.55 Å². The van der Waals surface area contributed by atoms with Gasteiger partial charge in [0.15, 0.2) is 0 Å². The first kappa shape index (κ1) is 14.5. The van der Waals surface area contributed by atoms with Crippen molar-refractivity contribution in [3.05, 3.63) is 46.8 Å². The minimum Gasteiger partial charge on any atom is -0.488 e. The molecule has 0 unspecified atom stereocenters. The Bertz CT molecular complexity index is 758. The van der Waals surface area contributed by atoms with Gasteiger partial charge in [0.2, 0.25) is 0 Å². The van der Waals surface area contributed by atoms with Gasteiger partial charge >= 0.3 is 6.55 Å². The van der Waals surface area contributed by atoms with Gasteiger partial charge in [-0.2, -0.15) is 13.9 Å². The van der Waals surface area contributed by atoms with Crippen molar-refractivity contribution in [1.82, 2.24) is 9.78 Å². The molecule has 0 bridgehead atoms. The number of anilines is 1. The Morgan fingerprint density at radius 2 is 2.27 bits per heavy atom. The number of carbonyl (C=O) groups excluding carboxylic acids is 1. The molecule has 0 aliphatic carbocycles. The van der Waals surface area contributed by atoms with E-state index in [0.29, 0.717) is 26.6 Å². The number of rotatable bonds is 3. The van der Waals surface area contributed by atoms with Crippen molar-refractivity contribution < 1.29 is 18.3 Å². The van der Waals surface area contributed by atoms with Crippen LogP contribution < -0.4 is 10.1 Å². The van der Waals surface area contributed by atoms with Crippen molar-refractivity contribution in [1.29, 1.82) is 0 Å². The summed E-state index contributed by atoms with van der Waals surface area (Å²) in [7, 11) is 0. The second kappa shape index (κ2) is 5.76. The number of benzene rings is 1. The fraction of sp³-hybridized carbons (Fsp3) is 0.143. The Kier molecular flexibility index (Phi) is 3.81.